The van der Waals surface area contributed by atoms with E-state index in [1.165, 1.54) is 17.6 Å². The third-order valence-electron chi connectivity index (χ3n) is 3.37. The second kappa shape index (κ2) is 4.44. The van der Waals surface area contributed by atoms with Crippen LogP contribution in [0.15, 0.2) is 35.6 Å². The smallest absolute Gasteiger partial charge is 0.0678 e. The molecule has 2 aliphatic rings. The fraction of sp³-hybridized carbons (Fsp3) is 0.538. The van der Waals surface area contributed by atoms with Gasteiger partial charge in [-0.25, -0.2) is 0 Å². The third kappa shape index (κ3) is 2.06. The van der Waals surface area contributed by atoms with Crippen LogP contribution in [0.2, 0.25) is 0 Å². The number of hydrogen-bond donors (Lipinski definition) is 3. The molecule has 0 heterocycles. The Morgan fingerprint density at radius 3 is 2.94 bits per heavy atom. The van der Waals surface area contributed by atoms with E-state index in [1.807, 2.05) is 6.92 Å². The summed E-state index contributed by atoms with van der Waals surface area (Å²) in [5.41, 5.74) is 15.9. The lowest BCUT2D eigenvalue weighted by molar-refractivity contribution is 0.484. The third-order valence-corrected chi connectivity index (χ3v) is 3.37. The van der Waals surface area contributed by atoms with E-state index >= 15 is 0 Å². The van der Waals surface area contributed by atoms with E-state index < -0.39 is 0 Å². The summed E-state index contributed by atoms with van der Waals surface area (Å²) in [5.74, 6) is 0. The topological polar surface area (TPSA) is 64.1 Å². The van der Waals surface area contributed by atoms with Crippen LogP contribution >= 0.6 is 0 Å². The first-order valence-electron chi connectivity index (χ1n) is 5.94. The molecule has 3 heteroatoms. The Morgan fingerprint density at radius 2 is 2.25 bits per heavy atom. The lowest BCUT2D eigenvalue weighted by Gasteiger charge is -2.37. The number of nitrogens with two attached hydrogens (primary N) is 2. The van der Waals surface area contributed by atoms with Crippen LogP contribution in [0.4, 0.5) is 0 Å². The molecule has 3 atom stereocenters. The quantitative estimate of drug-likeness (QED) is 0.653. The van der Waals surface area contributed by atoms with Crippen LogP contribution in [-0.4, -0.2) is 18.1 Å². The minimum absolute atomic E-state index is 0.000370. The Morgan fingerprint density at radius 1 is 1.50 bits per heavy atom. The predicted molar refractivity (Wildman–Crippen MR) is 67.7 cm³/mol. The average Bonchev–Trinajstić information content (AvgIpc) is 2.22. The van der Waals surface area contributed by atoms with Crippen molar-refractivity contribution in [3.8, 4) is 0 Å². The van der Waals surface area contributed by atoms with Gasteiger partial charge in [0.25, 0.3) is 0 Å². The lowest BCUT2D eigenvalue weighted by Crippen LogP contribution is -2.51. The largest absolute Gasteiger partial charge is 0.381 e. The molecule has 0 aromatic heterocycles. The van der Waals surface area contributed by atoms with Gasteiger partial charge in [0, 0.05) is 17.8 Å². The van der Waals surface area contributed by atoms with E-state index in [-0.39, 0.29) is 18.1 Å². The number of hydrogen-bond acceptors (Lipinski definition) is 3. The molecule has 0 aliphatic heterocycles. The molecular weight excluding hydrogens is 198 g/mol. The highest BCUT2D eigenvalue weighted by Crippen LogP contribution is 2.31. The van der Waals surface area contributed by atoms with Crippen molar-refractivity contribution in [2.45, 2.75) is 44.3 Å². The van der Waals surface area contributed by atoms with Crippen molar-refractivity contribution in [3.05, 3.63) is 35.6 Å². The predicted octanol–water partition coefficient (Wildman–Crippen LogP) is 1.18. The highest BCUT2D eigenvalue weighted by molar-refractivity contribution is 5.41. The zero-order chi connectivity index (χ0) is 11.7. The monoisotopic (exact) mass is 219 g/mol. The summed E-state index contributed by atoms with van der Waals surface area (Å²) in [5, 5.41) is 3.35. The molecule has 0 aromatic carbocycles. The van der Waals surface area contributed by atoms with Gasteiger partial charge in [0.1, 0.15) is 0 Å². The highest BCUT2D eigenvalue weighted by atomic mass is 15.0. The summed E-state index contributed by atoms with van der Waals surface area (Å²) in [4.78, 5) is 0. The minimum atomic E-state index is -0.000370. The summed E-state index contributed by atoms with van der Waals surface area (Å²) >= 11 is 0. The molecular formula is C13H21N3. The SMILES string of the molecule is C=C(C)NC1C2=C(C=CC1N)CCCC2N. The van der Waals surface area contributed by atoms with Crippen LogP contribution in [0, 0.1) is 0 Å². The van der Waals surface area contributed by atoms with Gasteiger partial charge >= 0.3 is 0 Å². The fourth-order valence-electron chi connectivity index (χ4n) is 2.65. The molecule has 0 spiro atoms. The number of rotatable bonds is 2. The van der Waals surface area contributed by atoms with Crippen molar-refractivity contribution in [1.82, 2.24) is 5.32 Å². The van der Waals surface area contributed by atoms with Gasteiger partial charge in [-0.3, -0.25) is 0 Å². The molecule has 0 saturated heterocycles. The molecule has 0 amide bonds. The Bertz CT molecular complexity index is 354. The zero-order valence-electron chi connectivity index (χ0n) is 9.87. The summed E-state index contributed by atoms with van der Waals surface area (Å²) in [6, 6.07) is 0.281. The van der Waals surface area contributed by atoms with Crippen molar-refractivity contribution in [1.29, 1.82) is 0 Å². The summed E-state index contributed by atoms with van der Waals surface area (Å²) in [6.45, 7) is 5.85. The fourth-order valence-corrected chi connectivity index (χ4v) is 2.65. The van der Waals surface area contributed by atoms with Gasteiger partial charge in [-0.15, -0.1) is 0 Å². The highest BCUT2D eigenvalue weighted by Gasteiger charge is 2.31. The van der Waals surface area contributed by atoms with Gasteiger partial charge in [0.2, 0.25) is 0 Å². The normalized spacial score (nSPS) is 33.6. The molecule has 0 aromatic rings. The lowest BCUT2D eigenvalue weighted by atomic mass is 9.78. The zero-order valence-corrected chi connectivity index (χ0v) is 9.87. The minimum Gasteiger partial charge on any atom is -0.381 e. The molecule has 2 aliphatic carbocycles. The molecule has 16 heavy (non-hydrogen) atoms. The van der Waals surface area contributed by atoms with Crippen molar-refractivity contribution >= 4 is 0 Å². The van der Waals surface area contributed by atoms with Crippen LogP contribution in [0.5, 0.6) is 0 Å². The molecule has 0 saturated carbocycles. The maximum atomic E-state index is 6.20. The summed E-state index contributed by atoms with van der Waals surface area (Å²) < 4.78 is 0. The van der Waals surface area contributed by atoms with Gasteiger partial charge in [0.15, 0.2) is 0 Å². The Labute approximate surface area is 97.3 Å². The van der Waals surface area contributed by atoms with Crippen LogP contribution in [0.3, 0.4) is 0 Å². The maximum absolute atomic E-state index is 6.20. The van der Waals surface area contributed by atoms with E-state index in [0.29, 0.717) is 0 Å². The van der Waals surface area contributed by atoms with Crippen molar-refractivity contribution < 1.29 is 0 Å². The van der Waals surface area contributed by atoms with Gasteiger partial charge in [-0.2, -0.15) is 0 Å². The van der Waals surface area contributed by atoms with Crippen LogP contribution in [0.1, 0.15) is 26.2 Å². The first kappa shape index (κ1) is 11.4. The van der Waals surface area contributed by atoms with Crippen molar-refractivity contribution in [2.24, 2.45) is 11.5 Å². The van der Waals surface area contributed by atoms with E-state index in [1.54, 1.807) is 0 Å². The maximum Gasteiger partial charge on any atom is 0.0678 e. The van der Waals surface area contributed by atoms with E-state index in [0.717, 1.165) is 18.5 Å². The van der Waals surface area contributed by atoms with E-state index in [2.05, 4.69) is 24.0 Å². The van der Waals surface area contributed by atoms with Gasteiger partial charge in [0.05, 0.1) is 6.04 Å². The number of allylic oxidation sites excluding steroid dienone is 3. The van der Waals surface area contributed by atoms with Crippen molar-refractivity contribution in [3.63, 3.8) is 0 Å². The summed E-state index contributed by atoms with van der Waals surface area (Å²) in [7, 11) is 0. The molecule has 0 fully saturated rings. The molecule has 3 unspecified atom stereocenters. The van der Waals surface area contributed by atoms with Crippen LogP contribution in [-0.2, 0) is 0 Å². The molecule has 3 nitrogen and oxygen atoms in total. The molecule has 0 bridgehead atoms. The first-order valence-corrected chi connectivity index (χ1v) is 5.94. The Balaban J connectivity index is 2.30. The molecule has 2 rings (SSSR count). The van der Waals surface area contributed by atoms with Gasteiger partial charge in [-0.1, -0.05) is 18.7 Å². The summed E-state index contributed by atoms with van der Waals surface area (Å²) in [6.07, 6.45) is 7.58. The van der Waals surface area contributed by atoms with Gasteiger partial charge < -0.3 is 16.8 Å². The van der Waals surface area contributed by atoms with E-state index in [4.69, 9.17) is 11.5 Å². The number of nitrogens with one attached hydrogen (secondary N) is 1. The second-order valence-electron chi connectivity index (χ2n) is 4.82. The average molecular weight is 219 g/mol. The Kier molecular flexibility index (Phi) is 3.17. The standard InChI is InChI=1S/C13H21N3/c1-8(2)16-13-11(15)7-6-9-4-3-5-10(14)12(9)13/h6-7,10-11,13,16H,1,3-5,14-15H2,2H3. The Hall–Kier alpha value is -1.06. The molecule has 88 valence electrons. The molecule has 5 N–H and O–H groups in total. The molecule has 0 radical (unpaired) electrons. The van der Waals surface area contributed by atoms with E-state index in [9.17, 15) is 0 Å². The van der Waals surface area contributed by atoms with Crippen LogP contribution < -0.4 is 16.8 Å². The van der Waals surface area contributed by atoms with Crippen molar-refractivity contribution in [2.75, 3.05) is 0 Å². The first-order chi connectivity index (χ1) is 7.59. The van der Waals surface area contributed by atoms with Gasteiger partial charge in [-0.05, 0) is 37.3 Å². The van der Waals surface area contributed by atoms with Crippen LogP contribution in [0.25, 0.3) is 0 Å². The second-order valence-corrected chi connectivity index (χ2v) is 4.82.